The zero-order valence-corrected chi connectivity index (χ0v) is 10.2. The van der Waals surface area contributed by atoms with E-state index in [1.165, 1.54) is 18.4 Å². The lowest BCUT2D eigenvalue weighted by Gasteiger charge is -2.18. The fraction of sp³-hybridized carbons (Fsp3) is 0.533. The van der Waals surface area contributed by atoms with E-state index in [0.29, 0.717) is 11.8 Å². The molecule has 90 valence electrons. The van der Waals surface area contributed by atoms with Gasteiger partial charge in [0.15, 0.2) is 0 Å². The summed E-state index contributed by atoms with van der Waals surface area (Å²) in [6.07, 6.45) is 3.57. The highest BCUT2D eigenvalue weighted by atomic mass is 16.2. The summed E-state index contributed by atoms with van der Waals surface area (Å²) in [5.41, 5.74) is 1.26. The van der Waals surface area contributed by atoms with E-state index in [9.17, 15) is 4.79 Å². The first-order valence-electron chi connectivity index (χ1n) is 6.61. The molecule has 2 saturated carbocycles. The molecular formula is C15H19NO. The molecule has 1 aromatic rings. The van der Waals surface area contributed by atoms with Gasteiger partial charge in [0.1, 0.15) is 0 Å². The van der Waals surface area contributed by atoms with Crippen LogP contribution in [-0.2, 0) is 4.79 Å². The Morgan fingerprint density at radius 2 is 1.94 bits per heavy atom. The summed E-state index contributed by atoms with van der Waals surface area (Å²) < 4.78 is 0. The molecule has 3 unspecified atom stereocenters. The van der Waals surface area contributed by atoms with E-state index in [0.717, 1.165) is 6.42 Å². The first-order valence-corrected chi connectivity index (χ1v) is 6.61. The highest BCUT2D eigenvalue weighted by Gasteiger charge is 2.41. The summed E-state index contributed by atoms with van der Waals surface area (Å²) in [5.74, 6) is 1.79. The number of nitrogens with one attached hydrogen (secondary N) is 1. The molecule has 3 atom stereocenters. The van der Waals surface area contributed by atoms with Crippen molar-refractivity contribution >= 4 is 5.91 Å². The van der Waals surface area contributed by atoms with Crippen molar-refractivity contribution < 1.29 is 4.79 Å². The van der Waals surface area contributed by atoms with Gasteiger partial charge < -0.3 is 5.32 Å². The maximum Gasteiger partial charge on any atom is 0.223 e. The Hall–Kier alpha value is -1.31. The minimum atomic E-state index is 0.247. The molecule has 1 N–H and O–H groups in total. The zero-order chi connectivity index (χ0) is 11.8. The number of rotatable bonds is 4. The summed E-state index contributed by atoms with van der Waals surface area (Å²) in [5, 5.41) is 3.25. The normalized spacial score (nSPS) is 28.5. The van der Waals surface area contributed by atoms with Crippen molar-refractivity contribution in [2.24, 2.45) is 17.8 Å². The van der Waals surface area contributed by atoms with Crippen LogP contribution in [0, 0.1) is 17.8 Å². The Morgan fingerprint density at radius 3 is 2.47 bits per heavy atom. The van der Waals surface area contributed by atoms with Crippen molar-refractivity contribution in [3.8, 4) is 0 Å². The molecule has 1 amide bonds. The smallest absolute Gasteiger partial charge is 0.223 e. The van der Waals surface area contributed by atoms with Gasteiger partial charge in [-0.2, -0.15) is 0 Å². The van der Waals surface area contributed by atoms with Crippen LogP contribution in [0.2, 0.25) is 0 Å². The zero-order valence-electron chi connectivity index (χ0n) is 10.2. The predicted octanol–water partition coefficient (Wildman–Crippen LogP) is 2.91. The van der Waals surface area contributed by atoms with Crippen LogP contribution >= 0.6 is 0 Å². The molecule has 2 aliphatic carbocycles. The molecular weight excluding hydrogens is 210 g/mol. The quantitative estimate of drug-likeness (QED) is 0.845. The van der Waals surface area contributed by atoms with E-state index >= 15 is 0 Å². The molecule has 2 aliphatic rings. The summed E-state index contributed by atoms with van der Waals surface area (Å²) in [6.45, 7) is 2.15. The molecule has 0 heterocycles. The van der Waals surface area contributed by atoms with Gasteiger partial charge in [-0.3, -0.25) is 4.79 Å². The van der Waals surface area contributed by atoms with Crippen LogP contribution in [0.3, 0.4) is 0 Å². The van der Waals surface area contributed by atoms with E-state index in [1.807, 2.05) is 6.07 Å². The van der Waals surface area contributed by atoms with Crippen molar-refractivity contribution in [3.63, 3.8) is 0 Å². The molecule has 0 saturated heterocycles. The summed E-state index contributed by atoms with van der Waals surface area (Å²) >= 11 is 0. The van der Waals surface area contributed by atoms with Gasteiger partial charge in [0.05, 0.1) is 6.04 Å². The van der Waals surface area contributed by atoms with Crippen molar-refractivity contribution in [2.45, 2.75) is 32.2 Å². The Morgan fingerprint density at radius 1 is 1.29 bits per heavy atom. The largest absolute Gasteiger partial charge is 0.349 e. The third-order valence-corrected chi connectivity index (χ3v) is 4.00. The standard InChI is InChI=1S/C15H19NO/c1-10-9-13(10)15(17)16-14(12-7-8-12)11-5-3-2-4-6-11/h2-6,10,12-14H,7-9H2,1H3,(H,16,17). The van der Waals surface area contributed by atoms with Gasteiger partial charge in [-0.05, 0) is 36.7 Å². The van der Waals surface area contributed by atoms with Crippen LogP contribution in [0.1, 0.15) is 37.8 Å². The fourth-order valence-corrected chi connectivity index (χ4v) is 2.51. The molecule has 3 rings (SSSR count). The lowest BCUT2D eigenvalue weighted by Crippen LogP contribution is -2.31. The molecule has 17 heavy (non-hydrogen) atoms. The number of hydrogen-bond acceptors (Lipinski definition) is 1. The fourth-order valence-electron chi connectivity index (χ4n) is 2.51. The van der Waals surface area contributed by atoms with Crippen LogP contribution in [0.4, 0.5) is 0 Å². The van der Waals surface area contributed by atoms with Crippen molar-refractivity contribution in [1.29, 1.82) is 0 Å². The van der Waals surface area contributed by atoms with Crippen LogP contribution < -0.4 is 5.32 Å². The van der Waals surface area contributed by atoms with Crippen molar-refractivity contribution in [2.75, 3.05) is 0 Å². The van der Waals surface area contributed by atoms with Gasteiger partial charge in [-0.15, -0.1) is 0 Å². The molecule has 0 radical (unpaired) electrons. The lowest BCUT2D eigenvalue weighted by molar-refractivity contribution is -0.123. The number of carbonyl (C=O) groups is 1. The first kappa shape index (κ1) is 10.8. The molecule has 0 bridgehead atoms. The minimum absolute atomic E-state index is 0.247. The van der Waals surface area contributed by atoms with Gasteiger partial charge >= 0.3 is 0 Å². The van der Waals surface area contributed by atoms with E-state index in [4.69, 9.17) is 0 Å². The summed E-state index contributed by atoms with van der Waals surface area (Å²) in [4.78, 5) is 12.0. The Labute approximate surface area is 102 Å². The second-order valence-corrected chi connectivity index (χ2v) is 5.55. The molecule has 0 spiro atoms. The second-order valence-electron chi connectivity index (χ2n) is 5.55. The maximum absolute atomic E-state index is 12.0. The third-order valence-electron chi connectivity index (χ3n) is 4.00. The Kier molecular flexibility index (Phi) is 2.65. The highest BCUT2D eigenvalue weighted by molar-refractivity contribution is 5.81. The maximum atomic E-state index is 12.0. The average Bonchev–Trinajstić information content (AvgIpc) is 3.22. The number of hydrogen-bond donors (Lipinski definition) is 1. The number of amides is 1. The van der Waals surface area contributed by atoms with Crippen LogP contribution in [-0.4, -0.2) is 5.91 Å². The van der Waals surface area contributed by atoms with E-state index in [2.05, 4.69) is 36.5 Å². The molecule has 1 aromatic carbocycles. The molecule has 2 fully saturated rings. The van der Waals surface area contributed by atoms with Gasteiger partial charge in [0.2, 0.25) is 5.91 Å². The SMILES string of the molecule is CC1CC1C(=O)NC(c1ccccc1)C1CC1. The van der Waals surface area contributed by atoms with Gasteiger partial charge in [-0.25, -0.2) is 0 Å². The van der Waals surface area contributed by atoms with E-state index in [1.54, 1.807) is 0 Å². The predicted molar refractivity (Wildman–Crippen MR) is 67.3 cm³/mol. The van der Waals surface area contributed by atoms with Crippen molar-refractivity contribution in [1.82, 2.24) is 5.32 Å². The van der Waals surface area contributed by atoms with E-state index < -0.39 is 0 Å². The number of carbonyl (C=O) groups excluding carboxylic acids is 1. The van der Waals surface area contributed by atoms with Gasteiger partial charge in [0, 0.05) is 5.92 Å². The number of benzene rings is 1. The monoisotopic (exact) mass is 229 g/mol. The lowest BCUT2D eigenvalue weighted by atomic mass is 10.0. The molecule has 2 nitrogen and oxygen atoms in total. The van der Waals surface area contributed by atoms with Gasteiger partial charge in [-0.1, -0.05) is 37.3 Å². The Balaban J connectivity index is 1.70. The van der Waals surface area contributed by atoms with E-state index in [-0.39, 0.29) is 17.9 Å². The summed E-state index contributed by atoms with van der Waals surface area (Å²) in [6, 6.07) is 10.6. The molecule has 2 heteroatoms. The molecule has 0 aromatic heterocycles. The first-order chi connectivity index (χ1) is 8.25. The van der Waals surface area contributed by atoms with Crippen molar-refractivity contribution in [3.05, 3.63) is 35.9 Å². The average molecular weight is 229 g/mol. The molecule has 0 aliphatic heterocycles. The highest BCUT2D eigenvalue weighted by Crippen LogP contribution is 2.43. The van der Waals surface area contributed by atoms with Crippen LogP contribution in [0.5, 0.6) is 0 Å². The van der Waals surface area contributed by atoms with Crippen LogP contribution in [0.25, 0.3) is 0 Å². The second kappa shape index (κ2) is 4.17. The van der Waals surface area contributed by atoms with Gasteiger partial charge in [0.25, 0.3) is 0 Å². The van der Waals surface area contributed by atoms with Crippen LogP contribution in [0.15, 0.2) is 30.3 Å². The Bertz CT molecular complexity index is 410. The third kappa shape index (κ3) is 2.36. The minimum Gasteiger partial charge on any atom is -0.349 e. The topological polar surface area (TPSA) is 29.1 Å². The summed E-state index contributed by atoms with van der Waals surface area (Å²) in [7, 11) is 0.